The molecule has 0 fully saturated rings. The summed E-state index contributed by atoms with van der Waals surface area (Å²) in [7, 11) is 0. The molecule has 2 aromatic carbocycles. The lowest BCUT2D eigenvalue weighted by Crippen LogP contribution is -2.33. The van der Waals surface area contributed by atoms with Crippen molar-refractivity contribution < 1.29 is 9.18 Å². The van der Waals surface area contributed by atoms with Crippen LogP contribution in [0.5, 0.6) is 0 Å². The fourth-order valence-electron chi connectivity index (χ4n) is 2.80. The number of rotatable bonds is 8. The summed E-state index contributed by atoms with van der Waals surface area (Å²) in [5, 5.41) is 17.9. The molecule has 0 N–H and O–H groups in total. The molecule has 1 amide bonds. The van der Waals surface area contributed by atoms with E-state index in [4.69, 9.17) is 5.26 Å². The SMILES string of the molecule is Cc1nnc(SCC(=O)N(CCC#N)c2ccc(F)cc2)n1Cc1ccccc1. The maximum atomic E-state index is 13.2. The minimum atomic E-state index is -0.375. The fraction of sp³-hybridized carbons (Fsp3) is 0.238. The molecule has 0 aliphatic carbocycles. The number of aromatic nitrogens is 3. The number of aryl methyl sites for hydroxylation is 1. The van der Waals surface area contributed by atoms with Gasteiger partial charge in [0, 0.05) is 12.2 Å². The van der Waals surface area contributed by atoms with Gasteiger partial charge in [-0.15, -0.1) is 10.2 Å². The van der Waals surface area contributed by atoms with Gasteiger partial charge < -0.3 is 9.47 Å². The van der Waals surface area contributed by atoms with Gasteiger partial charge in [-0.25, -0.2) is 4.39 Å². The zero-order valence-corrected chi connectivity index (χ0v) is 16.8. The van der Waals surface area contributed by atoms with E-state index in [0.29, 0.717) is 17.4 Å². The van der Waals surface area contributed by atoms with Gasteiger partial charge in [0.1, 0.15) is 11.6 Å². The molecule has 0 saturated heterocycles. The normalized spacial score (nSPS) is 10.5. The quantitative estimate of drug-likeness (QED) is 0.529. The highest BCUT2D eigenvalue weighted by Crippen LogP contribution is 2.22. The Morgan fingerprint density at radius 2 is 1.90 bits per heavy atom. The second-order valence-corrected chi connectivity index (χ2v) is 7.26. The summed E-state index contributed by atoms with van der Waals surface area (Å²) in [6, 6.07) is 17.7. The number of thioether (sulfide) groups is 1. The van der Waals surface area contributed by atoms with Crippen molar-refractivity contribution in [3.8, 4) is 6.07 Å². The van der Waals surface area contributed by atoms with E-state index >= 15 is 0 Å². The number of amides is 1. The van der Waals surface area contributed by atoms with Gasteiger partial charge in [0.15, 0.2) is 5.16 Å². The Morgan fingerprint density at radius 3 is 2.59 bits per heavy atom. The minimum Gasteiger partial charge on any atom is -0.311 e. The molecule has 3 aromatic rings. The molecule has 8 heteroatoms. The molecule has 1 aromatic heterocycles. The standard InChI is InChI=1S/C21H20FN5OS/c1-16-24-25-21(27(16)14-17-6-3-2-4-7-17)29-15-20(28)26(13-5-12-23)19-10-8-18(22)9-11-19/h2-4,6-11H,5,13-15H2,1H3. The average Bonchev–Trinajstić information content (AvgIpc) is 3.08. The van der Waals surface area contributed by atoms with Crippen LogP contribution in [0.4, 0.5) is 10.1 Å². The molecular weight excluding hydrogens is 389 g/mol. The van der Waals surface area contributed by atoms with E-state index in [9.17, 15) is 9.18 Å². The van der Waals surface area contributed by atoms with Crippen LogP contribution in [-0.2, 0) is 11.3 Å². The van der Waals surface area contributed by atoms with Gasteiger partial charge in [-0.05, 0) is 36.8 Å². The van der Waals surface area contributed by atoms with E-state index in [1.54, 1.807) is 0 Å². The predicted octanol–water partition coefficient (Wildman–Crippen LogP) is 3.81. The smallest absolute Gasteiger partial charge is 0.237 e. The lowest BCUT2D eigenvalue weighted by Gasteiger charge is -2.21. The van der Waals surface area contributed by atoms with Gasteiger partial charge in [-0.2, -0.15) is 5.26 Å². The second-order valence-electron chi connectivity index (χ2n) is 6.32. The molecule has 6 nitrogen and oxygen atoms in total. The van der Waals surface area contributed by atoms with Crippen LogP contribution in [0, 0.1) is 24.1 Å². The van der Waals surface area contributed by atoms with E-state index in [1.165, 1.54) is 40.9 Å². The number of halogens is 1. The van der Waals surface area contributed by atoms with Crippen molar-refractivity contribution in [1.82, 2.24) is 14.8 Å². The Hall–Kier alpha value is -3.18. The Labute approximate surface area is 173 Å². The second kappa shape index (κ2) is 9.85. The molecule has 148 valence electrons. The summed E-state index contributed by atoms with van der Waals surface area (Å²) < 4.78 is 15.2. The molecule has 0 unspecified atom stereocenters. The number of hydrogen-bond donors (Lipinski definition) is 0. The number of anilines is 1. The highest BCUT2D eigenvalue weighted by molar-refractivity contribution is 7.99. The molecule has 0 aliphatic rings. The number of benzene rings is 2. The van der Waals surface area contributed by atoms with Gasteiger partial charge in [-0.1, -0.05) is 42.1 Å². The maximum Gasteiger partial charge on any atom is 0.237 e. The van der Waals surface area contributed by atoms with Crippen molar-refractivity contribution in [2.24, 2.45) is 0 Å². The van der Waals surface area contributed by atoms with Crippen molar-refractivity contribution in [3.05, 3.63) is 71.8 Å². The fourth-order valence-corrected chi connectivity index (χ4v) is 3.66. The van der Waals surface area contributed by atoms with E-state index in [0.717, 1.165) is 11.4 Å². The van der Waals surface area contributed by atoms with Crippen LogP contribution in [0.2, 0.25) is 0 Å². The van der Waals surface area contributed by atoms with E-state index in [2.05, 4.69) is 10.2 Å². The highest BCUT2D eigenvalue weighted by Gasteiger charge is 2.18. The number of nitriles is 1. The Balaban J connectivity index is 1.71. The van der Waals surface area contributed by atoms with Gasteiger partial charge in [-0.3, -0.25) is 4.79 Å². The predicted molar refractivity (Wildman–Crippen MR) is 110 cm³/mol. The summed E-state index contributed by atoms with van der Waals surface area (Å²) in [6.07, 6.45) is 0.192. The van der Waals surface area contributed by atoms with Crippen molar-refractivity contribution in [2.75, 3.05) is 17.2 Å². The molecule has 29 heavy (non-hydrogen) atoms. The molecule has 0 spiro atoms. The zero-order valence-electron chi connectivity index (χ0n) is 16.0. The van der Waals surface area contributed by atoms with Crippen molar-refractivity contribution in [1.29, 1.82) is 5.26 Å². The Morgan fingerprint density at radius 1 is 1.17 bits per heavy atom. The monoisotopic (exact) mass is 409 g/mol. The molecule has 0 radical (unpaired) electrons. The highest BCUT2D eigenvalue weighted by atomic mass is 32.2. The number of nitrogens with zero attached hydrogens (tertiary/aromatic N) is 5. The van der Waals surface area contributed by atoms with Crippen LogP contribution in [-0.4, -0.2) is 33.0 Å². The minimum absolute atomic E-state index is 0.135. The maximum absolute atomic E-state index is 13.2. The molecule has 0 atom stereocenters. The first kappa shape index (κ1) is 20.6. The Kier molecular flexibility index (Phi) is 6.98. The van der Waals surface area contributed by atoms with Crippen molar-refractivity contribution >= 4 is 23.4 Å². The molecule has 3 rings (SSSR count). The van der Waals surface area contributed by atoms with Crippen LogP contribution < -0.4 is 4.90 Å². The number of carbonyl (C=O) groups excluding carboxylic acids is 1. The summed E-state index contributed by atoms with van der Waals surface area (Å²) in [6.45, 7) is 2.74. The lowest BCUT2D eigenvalue weighted by atomic mass is 10.2. The van der Waals surface area contributed by atoms with E-state index in [-0.39, 0.29) is 30.4 Å². The number of hydrogen-bond acceptors (Lipinski definition) is 5. The average molecular weight is 409 g/mol. The largest absolute Gasteiger partial charge is 0.311 e. The van der Waals surface area contributed by atoms with Crippen LogP contribution >= 0.6 is 11.8 Å². The van der Waals surface area contributed by atoms with Crippen molar-refractivity contribution in [2.45, 2.75) is 25.0 Å². The third kappa shape index (κ3) is 5.42. The first-order valence-electron chi connectivity index (χ1n) is 9.08. The van der Waals surface area contributed by atoms with E-state index in [1.807, 2.05) is 47.9 Å². The number of carbonyl (C=O) groups is 1. The molecular formula is C21H20FN5OS. The van der Waals surface area contributed by atoms with Gasteiger partial charge in [0.2, 0.25) is 5.91 Å². The van der Waals surface area contributed by atoms with Crippen LogP contribution in [0.15, 0.2) is 59.8 Å². The molecule has 1 heterocycles. The first-order valence-corrected chi connectivity index (χ1v) is 10.1. The van der Waals surface area contributed by atoms with Crippen LogP contribution in [0.3, 0.4) is 0 Å². The lowest BCUT2D eigenvalue weighted by molar-refractivity contribution is -0.116. The molecule has 0 aliphatic heterocycles. The van der Waals surface area contributed by atoms with Gasteiger partial charge in [0.25, 0.3) is 0 Å². The van der Waals surface area contributed by atoms with Crippen LogP contribution in [0.25, 0.3) is 0 Å². The zero-order chi connectivity index (χ0) is 20.6. The van der Waals surface area contributed by atoms with E-state index < -0.39 is 0 Å². The van der Waals surface area contributed by atoms with Crippen molar-refractivity contribution in [3.63, 3.8) is 0 Å². The summed E-state index contributed by atoms with van der Waals surface area (Å²) in [4.78, 5) is 14.3. The summed E-state index contributed by atoms with van der Waals surface area (Å²) in [5.41, 5.74) is 1.68. The topological polar surface area (TPSA) is 74.8 Å². The third-order valence-electron chi connectivity index (χ3n) is 4.30. The van der Waals surface area contributed by atoms with Crippen LogP contribution in [0.1, 0.15) is 17.8 Å². The van der Waals surface area contributed by atoms with Gasteiger partial charge >= 0.3 is 0 Å². The summed E-state index contributed by atoms with van der Waals surface area (Å²) in [5.74, 6) is 0.350. The summed E-state index contributed by atoms with van der Waals surface area (Å²) >= 11 is 1.30. The molecule has 0 saturated carbocycles. The van der Waals surface area contributed by atoms with Gasteiger partial charge in [0.05, 0.1) is 24.8 Å². The Bertz CT molecular complexity index is 998. The third-order valence-corrected chi connectivity index (χ3v) is 5.25. The molecule has 0 bridgehead atoms. The first-order chi connectivity index (χ1) is 14.1.